The lowest BCUT2D eigenvalue weighted by Crippen LogP contribution is -2.54. The van der Waals surface area contributed by atoms with Crippen molar-refractivity contribution in [2.45, 2.75) is 63.0 Å². The summed E-state index contributed by atoms with van der Waals surface area (Å²) in [6, 6.07) is 9.31. The molecule has 1 aromatic heterocycles. The Morgan fingerprint density at radius 1 is 0.906 bits per heavy atom. The summed E-state index contributed by atoms with van der Waals surface area (Å²) in [4.78, 5) is 78.3. The molecule has 4 fully saturated rings. The molecule has 4 aromatic rings. The van der Waals surface area contributed by atoms with E-state index in [9.17, 15) is 28.4 Å². The van der Waals surface area contributed by atoms with Crippen LogP contribution in [0.2, 0.25) is 5.02 Å². The highest BCUT2D eigenvalue weighted by atomic mass is 35.5. The van der Waals surface area contributed by atoms with Gasteiger partial charge in [-0.05, 0) is 112 Å². The molecule has 4 saturated heterocycles. The van der Waals surface area contributed by atoms with E-state index in [-0.39, 0.29) is 46.9 Å². The third-order valence-electron chi connectivity index (χ3n) is 12.8. The highest BCUT2D eigenvalue weighted by Gasteiger charge is 2.45. The van der Waals surface area contributed by atoms with Gasteiger partial charge in [0.1, 0.15) is 41.7 Å². The van der Waals surface area contributed by atoms with E-state index in [1.54, 1.807) is 18.2 Å². The topological polar surface area (TPSA) is 175 Å². The van der Waals surface area contributed by atoms with E-state index >= 15 is 4.39 Å². The molecule has 5 amide bonds. The highest BCUT2D eigenvalue weighted by Crippen LogP contribution is 2.37. The minimum Gasteiger partial charge on any atom is -0.486 e. The minimum absolute atomic E-state index is 0.0142. The Morgan fingerprint density at radius 3 is 2.41 bits per heavy atom. The number of hydrogen-bond donors (Lipinski definition) is 3. The van der Waals surface area contributed by atoms with Gasteiger partial charge in [0, 0.05) is 49.1 Å². The summed E-state index contributed by atoms with van der Waals surface area (Å²) in [5.74, 6) is -2.61. The van der Waals surface area contributed by atoms with Crippen LogP contribution in [0.3, 0.4) is 0 Å². The van der Waals surface area contributed by atoms with Gasteiger partial charge < -0.3 is 25.0 Å². The third kappa shape index (κ3) is 9.34. The summed E-state index contributed by atoms with van der Waals surface area (Å²) in [6.45, 7) is 5.90. The first kappa shape index (κ1) is 43.4. The van der Waals surface area contributed by atoms with Gasteiger partial charge in [-0.3, -0.25) is 39.1 Å². The molecule has 18 heteroatoms. The number of carbonyl (C=O) groups is 5. The predicted octanol–water partition coefficient (Wildman–Crippen LogP) is 5.96. The van der Waals surface area contributed by atoms with Crippen LogP contribution in [0.4, 0.5) is 26.0 Å². The number of imide groups is 2. The first-order chi connectivity index (χ1) is 31.0. The van der Waals surface area contributed by atoms with E-state index in [1.807, 2.05) is 6.08 Å². The fourth-order valence-electron chi connectivity index (χ4n) is 9.32. The molecule has 2 atom stereocenters. The number of aromatic nitrogens is 2. The Balaban J connectivity index is 0.760. The van der Waals surface area contributed by atoms with Crippen LogP contribution >= 0.6 is 11.6 Å². The molecule has 0 spiro atoms. The summed E-state index contributed by atoms with van der Waals surface area (Å²) < 4.78 is 41.1. The molecular formula is C46H47ClF2N8O7. The zero-order valence-corrected chi connectivity index (χ0v) is 35.7. The number of amides is 5. The van der Waals surface area contributed by atoms with Crippen molar-refractivity contribution in [3.8, 4) is 5.75 Å². The largest absolute Gasteiger partial charge is 0.486 e. The molecule has 2 unspecified atom stereocenters. The van der Waals surface area contributed by atoms with Gasteiger partial charge >= 0.3 is 0 Å². The molecule has 0 bridgehead atoms. The van der Waals surface area contributed by atoms with E-state index in [4.69, 9.17) is 21.1 Å². The van der Waals surface area contributed by atoms with E-state index in [0.29, 0.717) is 84.3 Å². The first-order valence-corrected chi connectivity index (χ1v) is 22.1. The van der Waals surface area contributed by atoms with Crippen molar-refractivity contribution < 1.29 is 42.2 Å². The van der Waals surface area contributed by atoms with Gasteiger partial charge in [-0.2, -0.15) is 0 Å². The van der Waals surface area contributed by atoms with Crippen molar-refractivity contribution >= 4 is 69.2 Å². The van der Waals surface area contributed by atoms with Gasteiger partial charge in [0.25, 0.3) is 11.8 Å². The first-order valence-electron chi connectivity index (χ1n) is 21.7. The molecule has 334 valence electrons. The Bertz CT molecular complexity index is 2540. The van der Waals surface area contributed by atoms with Crippen molar-refractivity contribution in [2.24, 2.45) is 5.92 Å². The summed E-state index contributed by atoms with van der Waals surface area (Å²) in [7, 11) is 0. The lowest BCUT2D eigenvalue weighted by Gasteiger charge is -2.37. The molecule has 6 heterocycles. The number of benzene rings is 3. The van der Waals surface area contributed by atoms with Crippen molar-refractivity contribution in [1.82, 2.24) is 30.0 Å². The molecule has 5 aliphatic heterocycles. The number of hydrogen-bond acceptors (Lipinski definition) is 12. The van der Waals surface area contributed by atoms with Crippen LogP contribution in [0.25, 0.3) is 10.9 Å². The molecule has 5 aliphatic rings. The maximum absolute atomic E-state index is 15.5. The van der Waals surface area contributed by atoms with Crippen LogP contribution in [0, 0.1) is 17.6 Å². The van der Waals surface area contributed by atoms with Crippen molar-refractivity contribution in [1.29, 1.82) is 0 Å². The quantitative estimate of drug-likeness (QED) is 0.113. The fraction of sp³-hybridized carbons (Fsp3) is 0.413. The van der Waals surface area contributed by atoms with Crippen LogP contribution in [0.5, 0.6) is 5.75 Å². The number of rotatable bonds is 12. The minimum atomic E-state index is -1.10. The number of anilines is 3. The number of likely N-dealkylation sites (tertiary alicyclic amines) is 2. The van der Waals surface area contributed by atoms with Crippen LogP contribution in [0.1, 0.15) is 77.1 Å². The van der Waals surface area contributed by atoms with E-state index < -0.39 is 41.3 Å². The second kappa shape index (κ2) is 18.7. The second-order valence-electron chi connectivity index (χ2n) is 17.0. The monoisotopic (exact) mass is 896 g/mol. The maximum atomic E-state index is 15.5. The van der Waals surface area contributed by atoms with Gasteiger partial charge in [-0.1, -0.05) is 17.7 Å². The zero-order valence-electron chi connectivity index (χ0n) is 34.9. The molecule has 9 rings (SSSR count). The fourth-order valence-corrected chi connectivity index (χ4v) is 9.50. The molecule has 3 N–H and O–H groups in total. The number of fused-ring (bicyclic) bond motifs is 2. The lowest BCUT2D eigenvalue weighted by atomic mass is 9.86. The summed E-state index contributed by atoms with van der Waals surface area (Å²) in [5.41, 5.74) is 2.01. The molecule has 3 aromatic carbocycles. The van der Waals surface area contributed by atoms with E-state index in [0.717, 1.165) is 56.5 Å². The van der Waals surface area contributed by atoms with Gasteiger partial charge in [0.05, 0.1) is 40.6 Å². The zero-order chi connectivity index (χ0) is 44.5. The van der Waals surface area contributed by atoms with E-state index in [2.05, 4.69) is 35.7 Å². The number of ether oxygens (including phenoxy) is 2. The smallest absolute Gasteiger partial charge is 0.262 e. The van der Waals surface area contributed by atoms with Gasteiger partial charge in [-0.15, -0.1) is 0 Å². The highest BCUT2D eigenvalue weighted by molar-refractivity contribution is 6.31. The number of halogens is 3. The standard InChI is InChI=1S/C46H47ClF2N8O7/c47-34-18-28(3-4-35(34)48)52-43-33-21-38(40(22-37(33)50-25-51-43)64-29-11-17-63-24-29)53-41(58)2-1-12-55-13-7-26(8-14-55)23-56-15-9-27(10-16-56)30-19-31-32(20-36(30)49)46(62)57(45(31)61)39-5-6-42(59)54-44(39)60/h1-4,18-22,25-27,29,39H,5-17,23-24H2,(H,53,58)(H,50,51,52)(H,54,59,60)/b2-1+. The number of nitrogens with one attached hydrogen (secondary N) is 3. The van der Waals surface area contributed by atoms with Crippen LogP contribution in [-0.2, 0) is 19.1 Å². The summed E-state index contributed by atoms with van der Waals surface area (Å²) in [6.07, 6.45) is 8.80. The van der Waals surface area contributed by atoms with E-state index in [1.165, 1.54) is 30.6 Å². The molecule has 0 saturated carbocycles. The predicted molar refractivity (Wildman–Crippen MR) is 233 cm³/mol. The molecule has 64 heavy (non-hydrogen) atoms. The maximum Gasteiger partial charge on any atom is 0.262 e. The Hall–Kier alpha value is -5.88. The van der Waals surface area contributed by atoms with Crippen molar-refractivity contribution in [3.63, 3.8) is 0 Å². The number of carbonyl (C=O) groups excluding carboxylic acids is 5. The summed E-state index contributed by atoms with van der Waals surface area (Å²) in [5, 5.41) is 8.91. The van der Waals surface area contributed by atoms with Gasteiger partial charge in [0.2, 0.25) is 17.7 Å². The Morgan fingerprint density at radius 2 is 1.67 bits per heavy atom. The normalized spacial score (nSPS) is 21.5. The van der Waals surface area contributed by atoms with Crippen LogP contribution < -0.4 is 20.7 Å². The molecular weight excluding hydrogens is 850 g/mol. The SMILES string of the molecule is O=C(/C=C/CN1CCC(CN2CCC(c3cc4c(cc3F)C(=O)N(C3CCC(=O)NC3=O)C4=O)CC2)CC1)Nc1cc2c(Nc3ccc(F)c(Cl)c3)ncnc2cc1OC1CCOC1. The van der Waals surface area contributed by atoms with Crippen LogP contribution in [-0.4, -0.2) is 119 Å². The average Bonchev–Trinajstić information content (AvgIpc) is 3.88. The lowest BCUT2D eigenvalue weighted by molar-refractivity contribution is -0.136. The van der Waals surface area contributed by atoms with Crippen LogP contribution in [0.15, 0.2) is 60.9 Å². The second-order valence-corrected chi connectivity index (χ2v) is 17.4. The average molecular weight is 897 g/mol. The molecule has 15 nitrogen and oxygen atoms in total. The van der Waals surface area contributed by atoms with Crippen molar-refractivity contribution in [2.75, 3.05) is 63.1 Å². The summed E-state index contributed by atoms with van der Waals surface area (Å²) >= 11 is 6.01. The molecule has 0 radical (unpaired) electrons. The number of nitrogens with zero attached hydrogens (tertiary/aromatic N) is 5. The van der Waals surface area contributed by atoms with Gasteiger partial charge in [-0.25, -0.2) is 18.7 Å². The number of piperidine rings is 3. The molecule has 0 aliphatic carbocycles. The third-order valence-corrected chi connectivity index (χ3v) is 13.1. The Labute approximate surface area is 372 Å². The Kier molecular flexibility index (Phi) is 12.7. The van der Waals surface area contributed by atoms with Gasteiger partial charge in [0.15, 0.2) is 0 Å². The van der Waals surface area contributed by atoms with Crippen molar-refractivity contribution in [3.05, 3.63) is 94.3 Å².